The Morgan fingerprint density at radius 2 is 1.92 bits per heavy atom. The van der Waals surface area contributed by atoms with Gasteiger partial charge in [-0.05, 0) is 37.9 Å². The van der Waals surface area contributed by atoms with Gasteiger partial charge in [0.25, 0.3) is 0 Å². The van der Waals surface area contributed by atoms with Crippen LogP contribution in [-0.2, 0) is 4.79 Å². The minimum atomic E-state index is -0.0820. The Hall–Kier alpha value is -2.33. The van der Waals surface area contributed by atoms with Crippen molar-refractivity contribution in [3.05, 3.63) is 65.7 Å². The summed E-state index contributed by atoms with van der Waals surface area (Å²) in [5, 5.41) is 3.11. The molecule has 0 spiro atoms. The van der Waals surface area contributed by atoms with E-state index in [2.05, 4.69) is 34.5 Å². The van der Waals surface area contributed by atoms with Crippen molar-refractivity contribution in [1.29, 1.82) is 0 Å². The second kappa shape index (κ2) is 8.17. The van der Waals surface area contributed by atoms with Crippen molar-refractivity contribution < 1.29 is 9.53 Å². The van der Waals surface area contributed by atoms with E-state index < -0.39 is 0 Å². The van der Waals surface area contributed by atoms with E-state index in [9.17, 15) is 4.79 Å². The third-order valence-electron chi connectivity index (χ3n) is 4.88. The molecule has 4 heteroatoms. The highest BCUT2D eigenvalue weighted by atomic mass is 16.5. The van der Waals surface area contributed by atoms with Gasteiger partial charge in [-0.1, -0.05) is 48.5 Å². The fraction of sp³-hybridized carbons (Fsp3) is 0.381. The molecule has 0 aromatic heterocycles. The first-order valence-corrected chi connectivity index (χ1v) is 8.90. The molecule has 1 aliphatic heterocycles. The van der Waals surface area contributed by atoms with Crippen LogP contribution in [0.15, 0.2) is 54.6 Å². The van der Waals surface area contributed by atoms with E-state index in [4.69, 9.17) is 4.74 Å². The molecule has 4 nitrogen and oxygen atoms in total. The lowest BCUT2D eigenvalue weighted by molar-refractivity contribution is -0.123. The minimum Gasteiger partial charge on any atom is -0.496 e. The Labute approximate surface area is 149 Å². The van der Waals surface area contributed by atoms with Crippen LogP contribution in [0, 0.1) is 0 Å². The molecule has 2 atom stereocenters. The van der Waals surface area contributed by atoms with Crippen LogP contribution in [0.1, 0.15) is 43.0 Å². The molecule has 3 rings (SSSR count). The number of benzene rings is 2. The molecule has 132 valence electrons. The van der Waals surface area contributed by atoms with Crippen molar-refractivity contribution in [2.45, 2.75) is 31.8 Å². The number of hydrogen-bond donors (Lipinski definition) is 1. The number of ether oxygens (including phenoxy) is 1. The van der Waals surface area contributed by atoms with Gasteiger partial charge in [-0.25, -0.2) is 0 Å². The maximum absolute atomic E-state index is 12.6. The second-order valence-electron chi connectivity index (χ2n) is 6.57. The summed E-state index contributed by atoms with van der Waals surface area (Å²) in [6, 6.07) is 18.5. The first-order chi connectivity index (χ1) is 12.2. The third-order valence-corrected chi connectivity index (χ3v) is 4.88. The molecule has 2 aromatic rings. The second-order valence-corrected chi connectivity index (χ2v) is 6.57. The van der Waals surface area contributed by atoms with Crippen LogP contribution in [0.3, 0.4) is 0 Å². The fourth-order valence-electron chi connectivity index (χ4n) is 3.64. The van der Waals surface area contributed by atoms with E-state index in [0.717, 1.165) is 30.7 Å². The van der Waals surface area contributed by atoms with E-state index in [0.29, 0.717) is 12.6 Å². The highest BCUT2D eigenvalue weighted by Gasteiger charge is 2.27. The van der Waals surface area contributed by atoms with Gasteiger partial charge in [-0.2, -0.15) is 0 Å². The van der Waals surface area contributed by atoms with Gasteiger partial charge in [0.1, 0.15) is 5.75 Å². The molecule has 2 unspecified atom stereocenters. The Balaban J connectivity index is 1.62. The van der Waals surface area contributed by atoms with E-state index in [-0.39, 0.29) is 11.9 Å². The van der Waals surface area contributed by atoms with Crippen LogP contribution in [0.2, 0.25) is 0 Å². The van der Waals surface area contributed by atoms with Gasteiger partial charge in [-0.15, -0.1) is 0 Å². The van der Waals surface area contributed by atoms with Gasteiger partial charge in [0.2, 0.25) is 5.91 Å². The van der Waals surface area contributed by atoms with Gasteiger partial charge in [0, 0.05) is 11.6 Å². The lowest BCUT2D eigenvalue weighted by Crippen LogP contribution is -2.38. The Morgan fingerprint density at radius 1 is 1.20 bits per heavy atom. The van der Waals surface area contributed by atoms with Crippen molar-refractivity contribution in [3.63, 3.8) is 0 Å². The lowest BCUT2D eigenvalue weighted by atomic mass is 10.0. The highest BCUT2D eigenvalue weighted by molar-refractivity contribution is 5.78. The average molecular weight is 338 g/mol. The monoisotopic (exact) mass is 338 g/mol. The lowest BCUT2D eigenvalue weighted by Gasteiger charge is -2.25. The van der Waals surface area contributed by atoms with E-state index in [1.54, 1.807) is 7.11 Å². The summed E-state index contributed by atoms with van der Waals surface area (Å²) in [7, 11) is 1.65. The zero-order chi connectivity index (χ0) is 17.6. The molecular weight excluding hydrogens is 312 g/mol. The van der Waals surface area contributed by atoms with Gasteiger partial charge < -0.3 is 10.1 Å². The standard InChI is InChI=1S/C21H26N2O2/c1-16(18-11-6-7-13-20(18)25-2)22-21(24)15-23-14-8-12-19(23)17-9-4-3-5-10-17/h3-7,9-11,13,16,19H,8,12,14-15H2,1-2H3,(H,22,24). The first-order valence-electron chi connectivity index (χ1n) is 8.90. The van der Waals surface area contributed by atoms with Crippen LogP contribution >= 0.6 is 0 Å². The summed E-state index contributed by atoms with van der Waals surface area (Å²) in [5.74, 6) is 0.861. The molecule has 1 fully saturated rings. The van der Waals surface area contributed by atoms with Crippen LogP contribution in [0.5, 0.6) is 5.75 Å². The van der Waals surface area contributed by atoms with E-state index in [1.165, 1.54) is 5.56 Å². The van der Waals surface area contributed by atoms with Crippen LogP contribution in [-0.4, -0.2) is 31.0 Å². The van der Waals surface area contributed by atoms with Crippen molar-refractivity contribution >= 4 is 5.91 Å². The molecule has 1 heterocycles. The normalized spacial score (nSPS) is 18.7. The number of nitrogens with one attached hydrogen (secondary N) is 1. The summed E-state index contributed by atoms with van der Waals surface area (Å²) < 4.78 is 5.39. The van der Waals surface area contributed by atoms with Crippen molar-refractivity contribution in [1.82, 2.24) is 10.2 Å². The number of methoxy groups -OCH3 is 1. The third kappa shape index (κ3) is 4.20. The Morgan fingerprint density at radius 3 is 2.68 bits per heavy atom. The molecule has 1 amide bonds. The number of hydrogen-bond acceptors (Lipinski definition) is 3. The van der Waals surface area contributed by atoms with Crippen molar-refractivity contribution in [3.8, 4) is 5.75 Å². The topological polar surface area (TPSA) is 41.6 Å². The molecule has 0 radical (unpaired) electrons. The highest BCUT2D eigenvalue weighted by Crippen LogP contribution is 2.31. The zero-order valence-electron chi connectivity index (χ0n) is 14.9. The number of rotatable bonds is 6. The van der Waals surface area contributed by atoms with Crippen LogP contribution in [0.25, 0.3) is 0 Å². The molecule has 1 N–H and O–H groups in total. The first kappa shape index (κ1) is 17.5. The number of para-hydroxylation sites is 1. The predicted molar refractivity (Wildman–Crippen MR) is 99.5 cm³/mol. The number of amides is 1. The SMILES string of the molecule is COc1ccccc1C(C)NC(=O)CN1CCCC1c1ccccc1. The average Bonchev–Trinajstić information content (AvgIpc) is 3.10. The molecule has 2 aromatic carbocycles. The molecule has 25 heavy (non-hydrogen) atoms. The van der Waals surface area contributed by atoms with Gasteiger partial charge in [-0.3, -0.25) is 9.69 Å². The maximum Gasteiger partial charge on any atom is 0.234 e. The molecule has 0 bridgehead atoms. The smallest absolute Gasteiger partial charge is 0.234 e. The number of carbonyl (C=O) groups is 1. The quantitative estimate of drug-likeness (QED) is 0.873. The molecule has 1 saturated heterocycles. The van der Waals surface area contributed by atoms with Crippen LogP contribution < -0.4 is 10.1 Å². The summed E-state index contributed by atoms with van der Waals surface area (Å²) in [6.45, 7) is 3.39. The fourth-order valence-corrected chi connectivity index (χ4v) is 3.64. The van der Waals surface area contributed by atoms with Gasteiger partial charge in [0.15, 0.2) is 0 Å². The summed E-state index contributed by atoms with van der Waals surface area (Å²) >= 11 is 0. The Kier molecular flexibility index (Phi) is 5.71. The summed E-state index contributed by atoms with van der Waals surface area (Å²) in [6.07, 6.45) is 2.24. The minimum absolute atomic E-state index is 0.0567. The maximum atomic E-state index is 12.6. The van der Waals surface area contributed by atoms with Crippen molar-refractivity contribution in [2.24, 2.45) is 0 Å². The Bertz CT molecular complexity index is 702. The molecule has 0 saturated carbocycles. The number of likely N-dealkylation sites (tertiary alicyclic amines) is 1. The van der Waals surface area contributed by atoms with Gasteiger partial charge >= 0.3 is 0 Å². The van der Waals surface area contributed by atoms with Crippen LogP contribution in [0.4, 0.5) is 0 Å². The number of carbonyl (C=O) groups excluding carboxylic acids is 1. The van der Waals surface area contributed by atoms with Gasteiger partial charge in [0.05, 0.1) is 19.7 Å². The largest absolute Gasteiger partial charge is 0.496 e. The zero-order valence-corrected chi connectivity index (χ0v) is 14.9. The molecule has 1 aliphatic rings. The van der Waals surface area contributed by atoms with E-state index in [1.807, 2.05) is 37.3 Å². The molecular formula is C21H26N2O2. The number of nitrogens with zero attached hydrogens (tertiary/aromatic N) is 1. The predicted octanol–water partition coefficient (Wildman–Crippen LogP) is 3.71. The molecule has 0 aliphatic carbocycles. The summed E-state index contributed by atoms with van der Waals surface area (Å²) in [4.78, 5) is 14.8. The summed E-state index contributed by atoms with van der Waals surface area (Å²) in [5.41, 5.74) is 2.30. The van der Waals surface area contributed by atoms with Crippen molar-refractivity contribution in [2.75, 3.05) is 20.2 Å². The van der Waals surface area contributed by atoms with E-state index >= 15 is 0 Å².